The van der Waals surface area contributed by atoms with E-state index in [9.17, 15) is 4.79 Å². The van der Waals surface area contributed by atoms with Crippen molar-refractivity contribution >= 4 is 22.9 Å². The maximum Gasteiger partial charge on any atom is 0.321 e. The van der Waals surface area contributed by atoms with Gasteiger partial charge in [-0.05, 0) is 49.6 Å². The number of benzene rings is 2. The molecule has 4 aromatic rings. The van der Waals surface area contributed by atoms with Crippen LogP contribution in [0.5, 0.6) is 5.75 Å². The lowest BCUT2D eigenvalue weighted by molar-refractivity contribution is 0.185. The standard InChI is InChI=1S/C26H27N5O2/c1-18-10-11-23(33-2)22(17-18)29-26(32)30-15-12-20(13-16-30)31-24(19-7-4-3-5-8-19)28-21-9-6-14-27-25(21)31/h3-11,14,17,20H,12-13,15-16H2,1-2H3,(H,29,32). The van der Waals surface area contributed by atoms with Gasteiger partial charge in [0.2, 0.25) is 0 Å². The van der Waals surface area contributed by atoms with E-state index in [2.05, 4.69) is 27.0 Å². The maximum atomic E-state index is 13.0. The van der Waals surface area contributed by atoms with E-state index in [1.54, 1.807) is 7.11 Å². The third-order valence-electron chi connectivity index (χ3n) is 6.19. The van der Waals surface area contributed by atoms with Gasteiger partial charge in [0, 0.05) is 30.9 Å². The summed E-state index contributed by atoms with van der Waals surface area (Å²) in [6.45, 7) is 3.31. The Labute approximate surface area is 193 Å². The summed E-state index contributed by atoms with van der Waals surface area (Å²) in [5.74, 6) is 1.59. The molecule has 0 spiro atoms. The largest absolute Gasteiger partial charge is 0.495 e. The summed E-state index contributed by atoms with van der Waals surface area (Å²) in [4.78, 5) is 24.4. The zero-order valence-corrected chi connectivity index (χ0v) is 18.9. The number of aromatic nitrogens is 3. The second-order valence-electron chi connectivity index (χ2n) is 8.37. The normalized spacial score (nSPS) is 14.4. The number of carbonyl (C=O) groups is 1. The van der Waals surface area contributed by atoms with E-state index in [1.807, 2.05) is 66.6 Å². The number of piperidine rings is 1. The summed E-state index contributed by atoms with van der Waals surface area (Å²) in [6.07, 6.45) is 3.48. The summed E-state index contributed by atoms with van der Waals surface area (Å²) in [7, 11) is 1.61. The van der Waals surface area contributed by atoms with E-state index in [1.165, 1.54) is 0 Å². The number of ether oxygens (including phenoxy) is 1. The molecule has 0 bridgehead atoms. The average molecular weight is 442 g/mol. The van der Waals surface area contributed by atoms with Gasteiger partial charge in [-0.2, -0.15) is 0 Å². The molecular weight excluding hydrogens is 414 g/mol. The minimum absolute atomic E-state index is 0.103. The van der Waals surface area contributed by atoms with Crippen molar-refractivity contribution in [2.75, 3.05) is 25.5 Å². The van der Waals surface area contributed by atoms with Gasteiger partial charge in [0.05, 0.1) is 12.8 Å². The molecule has 1 N–H and O–H groups in total. The van der Waals surface area contributed by atoms with Gasteiger partial charge in [0.15, 0.2) is 5.65 Å². The van der Waals surface area contributed by atoms with Gasteiger partial charge >= 0.3 is 6.03 Å². The number of nitrogens with zero attached hydrogens (tertiary/aromatic N) is 4. The van der Waals surface area contributed by atoms with Crippen molar-refractivity contribution in [3.63, 3.8) is 0 Å². The molecule has 0 saturated carbocycles. The number of rotatable bonds is 4. The highest BCUT2D eigenvalue weighted by Gasteiger charge is 2.28. The molecule has 168 valence electrons. The van der Waals surface area contributed by atoms with Crippen LogP contribution in [0.4, 0.5) is 10.5 Å². The topological polar surface area (TPSA) is 72.3 Å². The van der Waals surface area contributed by atoms with E-state index in [-0.39, 0.29) is 12.1 Å². The molecule has 1 fully saturated rings. The lowest BCUT2D eigenvalue weighted by atomic mass is 10.0. The quantitative estimate of drug-likeness (QED) is 0.467. The lowest BCUT2D eigenvalue weighted by Gasteiger charge is -2.33. The summed E-state index contributed by atoms with van der Waals surface area (Å²) < 4.78 is 7.65. The van der Waals surface area contributed by atoms with E-state index in [0.29, 0.717) is 24.5 Å². The Morgan fingerprint density at radius 3 is 2.61 bits per heavy atom. The molecule has 2 aromatic carbocycles. The van der Waals surface area contributed by atoms with E-state index in [0.717, 1.165) is 41.0 Å². The fraction of sp³-hybridized carbons (Fsp3) is 0.269. The Balaban J connectivity index is 1.36. The number of nitrogens with one attached hydrogen (secondary N) is 1. The number of hydrogen-bond acceptors (Lipinski definition) is 4. The second-order valence-corrected chi connectivity index (χ2v) is 8.37. The van der Waals surface area contributed by atoms with Crippen LogP contribution >= 0.6 is 0 Å². The van der Waals surface area contributed by atoms with Crippen LogP contribution in [-0.4, -0.2) is 45.7 Å². The molecule has 2 aromatic heterocycles. The van der Waals surface area contributed by atoms with Crippen LogP contribution in [0.15, 0.2) is 66.9 Å². The number of anilines is 1. The lowest BCUT2D eigenvalue weighted by Crippen LogP contribution is -2.41. The molecule has 0 radical (unpaired) electrons. The number of imidazole rings is 1. The molecule has 0 unspecified atom stereocenters. The van der Waals surface area contributed by atoms with Crippen LogP contribution in [0, 0.1) is 6.92 Å². The molecule has 0 atom stereocenters. The molecule has 0 aliphatic carbocycles. The first-order valence-electron chi connectivity index (χ1n) is 11.2. The predicted octanol–water partition coefficient (Wildman–Crippen LogP) is 5.28. The van der Waals surface area contributed by atoms with Crippen LogP contribution in [0.25, 0.3) is 22.6 Å². The number of methoxy groups -OCH3 is 1. The van der Waals surface area contributed by atoms with Gasteiger partial charge in [-0.25, -0.2) is 14.8 Å². The van der Waals surface area contributed by atoms with Gasteiger partial charge in [-0.1, -0.05) is 36.4 Å². The molecule has 7 heteroatoms. The van der Waals surface area contributed by atoms with Gasteiger partial charge in [-0.3, -0.25) is 0 Å². The molecule has 1 aliphatic heterocycles. The number of pyridine rings is 1. The Kier molecular flexibility index (Phi) is 5.69. The first-order valence-corrected chi connectivity index (χ1v) is 11.2. The Morgan fingerprint density at radius 2 is 1.85 bits per heavy atom. The second kappa shape index (κ2) is 8.94. The van der Waals surface area contributed by atoms with Crippen LogP contribution in [0.1, 0.15) is 24.4 Å². The van der Waals surface area contributed by atoms with Crippen molar-refractivity contribution in [2.24, 2.45) is 0 Å². The highest BCUT2D eigenvalue weighted by Crippen LogP contribution is 2.33. The molecular formula is C26H27N5O2. The van der Waals surface area contributed by atoms with Crippen molar-refractivity contribution in [3.05, 3.63) is 72.4 Å². The number of likely N-dealkylation sites (tertiary alicyclic amines) is 1. The van der Waals surface area contributed by atoms with Crippen molar-refractivity contribution in [2.45, 2.75) is 25.8 Å². The number of amides is 2. The summed E-state index contributed by atoms with van der Waals surface area (Å²) in [5.41, 5.74) is 4.62. The van der Waals surface area contributed by atoms with Crippen LogP contribution in [0.2, 0.25) is 0 Å². The fourth-order valence-corrected chi connectivity index (χ4v) is 4.51. The molecule has 5 rings (SSSR count). The Morgan fingerprint density at radius 1 is 1.06 bits per heavy atom. The van der Waals surface area contributed by atoms with Crippen molar-refractivity contribution in [1.82, 2.24) is 19.4 Å². The Hall–Kier alpha value is -3.87. The first kappa shape index (κ1) is 21.0. The van der Waals surface area contributed by atoms with E-state index >= 15 is 0 Å². The highest BCUT2D eigenvalue weighted by atomic mass is 16.5. The summed E-state index contributed by atoms with van der Waals surface area (Å²) >= 11 is 0. The first-order chi connectivity index (χ1) is 16.1. The minimum atomic E-state index is -0.103. The molecule has 1 saturated heterocycles. The summed E-state index contributed by atoms with van der Waals surface area (Å²) in [6, 6.07) is 20.0. The van der Waals surface area contributed by atoms with Crippen molar-refractivity contribution < 1.29 is 9.53 Å². The third-order valence-corrected chi connectivity index (χ3v) is 6.19. The van der Waals surface area contributed by atoms with Crippen molar-refractivity contribution in [3.8, 4) is 17.1 Å². The van der Waals surface area contributed by atoms with E-state index in [4.69, 9.17) is 9.72 Å². The van der Waals surface area contributed by atoms with Gasteiger partial charge in [0.1, 0.15) is 17.1 Å². The number of urea groups is 1. The van der Waals surface area contributed by atoms with E-state index < -0.39 is 0 Å². The molecule has 2 amide bonds. The highest BCUT2D eigenvalue weighted by molar-refractivity contribution is 5.91. The van der Waals surface area contributed by atoms with Crippen LogP contribution < -0.4 is 10.1 Å². The number of carbonyl (C=O) groups excluding carboxylic acids is 1. The Bertz CT molecular complexity index is 1280. The minimum Gasteiger partial charge on any atom is -0.495 e. The fourth-order valence-electron chi connectivity index (χ4n) is 4.51. The zero-order valence-electron chi connectivity index (χ0n) is 18.9. The van der Waals surface area contributed by atoms with Gasteiger partial charge < -0.3 is 19.5 Å². The molecule has 33 heavy (non-hydrogen) atoms. The van der Waals surface area contributed by atoms with Crippen LogP contribution in [0.3, 0.4) is 0 Å². The number of fused-ring (bicyclic) bond motifs is 1. The third kappa shape index (κ3) is 4.14. The van der Waals surface area contributed by atoms with Gasteiger partial charge in [0.25, 0.3) is 0 Å². The number of aryl methyl sites for hydroxylation is 1. The SMILES string of the molecule is COc1ccc(C)cc1NC(=O)N1CCC(n2c(-c3ccccc3)nc3cccnc32)CC1. The number of hydrogen-bond donors (Lipinski definition) is 1. The summed E-state index contributed by atoms with van der Waals surface area (Å²) in [5, 5.41) is 3.02. The molecule has 7 nitrogen and oxygen atoms in total. The predicted molar refractivity (Wildman–Crippen MR) is 130 cm³/mol. The molecule has 3 heterocycles. The average Bonchev–Trinajstić information content (AvgIpc) is 3.24. The van der Waals surface area contributed by atoms with Crippen LogP contribution in [-0.2, 0) is 0 Å². The zero-order chi connectivity index (χ0) is 22.8. The monoisotopic (exact) mass is 441 g/mol. The molecule has 1 aliphatic rings. The van der Waals surface area contributed by atoms with Gasteiger partial charge in [-0.15, -0.1) is 0 Å². The smallest absolute Gasteiger partial charge is 0.321 e. The maximum absolute atomic E-state index is 13.0. The van der Waals surface area contributed by atoms with Crippen molar-refractivity contribution in [1.29, 1.82) is 0 Å².